The number of fused-ring (bicyclic) bond motifs is 1. The van der Waals surface area contributed by atoms with Gasteiger partial charge in [0, 0.05) is 11.2 Å². The standard InChI is InChI=1S/C34H35BrO2/c35-22-8-3-9-23-36-30-17-14-28(15-18-30)34-32(27-12-6-2-7-13-27)20-16-29-24-31(19-21-33(29)34)37-25-26-10-4-1-5-11-26/h1-2,4-7,10-15,17-19,21,24,32,34H,3,8-9,16,20,22-23,25H2. The van der Waals surface area contributed by atoms with Gasteiger partial charge in [0.05, 0.1) is 6.61 Å². The van der Waals surface area contributed by atoms with Crippen LogP contribution in [0.5, 0.6) is 11.5 Å². The molecule has 0 saturated heterocycles. The molecule has 2 nitrogen and oxygen atoms in total. The zero-order chi connectivity index (χ0) is 25.3. The minimum atomic E-state index is 0.308. The number of benzene rings is 4. The summed E-state index contributed by atoms with van der Waals surface area (Å²) in [4.78, 5) is 0. The predicted octanol–water partition coefficient (Wildman–Crippen LogP) is 9.07. The molecule has 0 aliphatic heterocycles. The van der Waals surface area contributed by atoms with Crippen molar-refractivity contribution in [1.82, 2.24) is 0 Å². The molecule has 0 heterocycles. The number of hydrogen-bond acceptors (Lipinski definition) is 2. The van der Waals surface area contributed by atoms with Gasteiger partial charge >= 0.3 is 0 Å². The number of aryl methyl sites for hydroxylation is 1. The number of hydrogen-bond donors (Lipinski definition) is 0. The third-order valence-electron chi connectivity index (χ3n) is 7.34. The zero-order valence-electron chi connectivity index (χ0n) is 21.3. The highest BCUT2D eigenvalue weighted by Gasteiger charge is 2.32. The Morgan fingerprint density at radius 3 is 2.16 bits per heavy atom. The Labute approximate surface area is 229 Å². The molecule has 0 aromatic heterocycles. The fourth-order valence-corrected chi connectivity index (χ4v) is 5.83. The first-order valence-corrected chi connectivity index (χ1v) is 14.6. The Balaban J connectivity index is 1.37. The predicted molar refractivity (Wildman–Crippen MR) is 156 cm³/mol. The van der Waals surface area contributed by atoms with Crippen molar-refractivity contribution in [1.29, 1.82) is 0 Å². The summed E-state index contributed by atoms with van der Waals surface area (Å²) in [5.74, 6) is 2.66. The van der Waals surface area contributed by atoms with E-state index in [1.807, 2.05) is 6.07 Å². The van der Waals surface area contributed by atoms with Crippen LogP contribution >= 0.6 is 15.9 Å². The fourth-order valence-electron chi connectivity index (χ4n) is 5.43. The summed E-state index contributed by atoms with van der Waals surface area (Å²) in [6.07, 6.45) is 5.66. The summed E-state index contributed by atoms with van der Waals surface area (Å²) in [6.45, 7) is 1.37. The van der Waals surface area contributed by atoms with Crippen LogP contribution in [0.3, 0.4) is 0 Å². The van der Waals surface area contributed by atoms with Gasteiger partial charge < -0.3 is 9.47 Å². The van der Waals surface area contributed by atoms with Crippen LogP contribution in [0.25, 0.3) is 0 Å². The highest BCUT2D eigenvalue weighted by molar-refractivity contribution is 9.09. The molecular weight excluding hydrogens is 520 g/mol. The van der Waals surface area contributed by atoms with Crippen molar-refractivity contribution in [3.05, 3.63) is 131 Å². The lowest BCUT2D eigenvalue weighted by Gasteiger charge is -2.35. The van der Waals surface area contributed by atoms with Crippen LogP contribution in [0.1, 0.15) is 65.3 Å². The summed E-state index contributed by atoms with van der Waals surface area (Å²) in [6, 6.07) is 36.9. The molecule has 0 radical (unpaired) electrons. The molecule has 0 amide bonds. The number of halogens is 1. The Hall–Kier alpha value is -3.04. The van der Waals surface area contributed by atoms with Crippen molar-refractivity contribution < 1.29 is 9.47 Å². The third kappa shape index (κ3) is 6.64. The Bertz CT molecular complexity index is 1240. The van der Waals surface area contributed by atoms with E-state index in [1.165, 1.54) is 40.7 Å². The summed E-state index contributed by atoms with van der Waals surface area (Å²) < 4.78 is 12.2. The number of rotatable bonds is 11. The molecule has 3 heteroatoms. The van der Waals surface area contributed by atoms with Crippen LogP contribution in [0.4, 0.5) is 0 Å². The van der Waals surface area contributed by atoms with E-state index >= 15 is 0 Å². The molecular formula is C34H35BrO2. The quantitative estimate of drug-likeness (QED) is 0.136. The molecule has 4 aromatic carbocycles. The number of unbranched alkanes of at least 4 members (excludes halogenated alkanes) is 2. The molecule has 4 aromatic rings. The van der Waals surface area contributed by atoms with Gasteiger partial charge in [-0.25, -0.2) is 0 Å². The molecule has 5 rings (SSSR count). The highest BCUT2D eigenvalue weighted by Crippen LogP contribution is 2.47. The second kappa shape index (κ2) is 13.0. The lowest BCUT2D eigenvalue weighted by molar-refractivity contribution is 0.305. The third-order valence-corrected chi connectivity index (χ3v) is 7.90. The van der Waals surface area contributed by atoms with Gasteiger partial charge in [-0.15, -0.1) is 0 Å². The number of alkyl halides is 1. The SMILES string of the molecule is BrCCCCCOc1ccc(C2c3ccc(OCc4ccccc4)cc3CCC2c2ccccc2)cc1. The van der Waals surface area contributed by atoms with Gasteiger partial charge in [-0.05, 0) is 90.1 Å². The monoisotopic (exact) mass is 554 g/mol. The zero-order valence-corrected chi connectivity index (χ0v) is 22.9. The normalized spacial score (nSPS) is 16.7. The first kappa shape index (κ1) is 25.6. The largest absolute Gasteiger partial charge is 0.494 e. The van der Waals surface area contributed by atoms with Gasteiger partial charge in [-0.2, -0.15) is 0 Å². The smallest absolute Gasteiger partial charge is 0.120 e. The molecule has 2 unspecified atom stereocenters. The lowest BCUT2D eigenvalue weighted by atomic mass is 9.69. The Kier molecular flexibility index (Phi) is 8.97. The van der Waals surface area contributed by atoms with Crippen LogP contribution in [-0.2, 0) is 13.0 Å². The lowest BCUT2D eigenvalue weighted by Crippen LogP contribution is -2.20. The van der Waals surface area contributed by atoms with Crippen LogP contribution in [0.2, 0.25) is 0 Å². The van der Waals surface area contributed by atoms with Gasteiger partial charge in [0.25, 0.3) is 0 Å². The van der Waals surface area contributed by atoms with Crippen molar-refractivity contribution in [3.63, 3.8) is 0 Å². The summed E-state index contributed by atoms with van der Waals surface area (Å²) >= 11 is 3.50. The molecule has 2 atom stereocenters. The van der Waals surface area contributed by atoms with Crippen molar-refractivity contribution in [2.24, 2.45) is 0 Å². The maximum absolute atomic E-state index is 6.17. The van der Waals surface area contributed by atoms with Crippen molar-refractivity contribution in [2.75, 3.05) is 11.9 Å². The molecule has 1 aliphatic carbocycles. The molecule has 0 spiro atoms. The summed E-state index contributed by atoms with van der Waals surface area (Å²) in [5.41, 5.74) is 6.76. The van der Waals surface area contributed by atoms with Crippen molar-refractivity contribution >= 4 is 15.9 Å². The van der Waals surface area contributed by atoms with E-state index < -0.39 is 0 Å². The topological polar surface area (TPSA) is 18.5 Å². The van der Waals surface area contributed by atoms with E-state index in [-0.39, 0.29) is 0 Å². The van der Waals surface area contributed by atoms with Gasteiger partial charge in [0.15, 0.2) is 0 Å². The van der Waals surface area contributed by atoms with Gasteiger partial charge in [-0.1, -0.05) is 94.8 Å². The molecule has 0 fully saturated rings. The average molecular weight is 556 g/mol. The van der Waals surface area contributed by atoms with E-state index in [2.05, 4.69) is 113 Å². The Morgan fingerprint density at radius 2 is 1.41 bits per heavy atom. The van der Waals surface area contributed by atoms with Crippen molar-refractivity contribution in [3.8, 4) is 11.5 Å². The highest BCUT2D eigenvalue weighted by atomic mass is 79.9. The maximum atomic E-state index is 6.17. The first-order valence-electron chi connectivity index (χ1n) is 13.4. The second-order valence-electron chi connectivity index (χ2n) is 9.84. The van der Waals surface area contributed by atoms with E-state index in [9.17, 15) is 0 Å². The number of ether oxygens (including phenoxy) is 2. The van der Waals surface area contributed by atoms with Gasteiger partial charge in [0.1, 0.15) is 18.1 Å². The van der Waals surface area contributed by atoms with Crippen LogP contribution < -0.4 is 9.47 Å². The van der Waals surface area contributed by atoms with E-state index in [0.29, 0.717) is 18.4 Å². The van der Waals surface area contributed by atoms with Crippen LogP contribution in [-0.4, -0.2) is 11.9 Å². The van der Waals surface area contributed by atoms with Gasteiger partial charge in [0.2, 0.25) is 0 Å². The Morgan fingerprint density at radius 1 is 0.676 bits per heavy atom. The minimum Gasteiger partial charge on any atom is -0.494 e. The average Bonchev–Trinajstić information content (AvgIpc) is 2.96. The summed E-state index contributed by atoms with van der Waals surface area (Å²) in [7, 11) is 0. The van der Waals surface area contributed by atoms with Crippen LogP contribution in [0.15, 0.2) is 103 Å². The fraction of sp³-hybridized carbons (Fsp3) is 0.294. The maximum Gasteiger partial charge on any atom is 0.120 e. The minimum absolute atomic E-state index is 0.308. The molecule has 0 saturated carbocycles. The van der Waals surface area contributed by atoms with E-state index in [4.69, 9.17) is 9.47 Å². The molecule has 0 bridgehead atoms. The van der Waals surface area contributed by atoms with Crippen molar-refractivity contribution in [2.45, 2.75) is 50.5 Å². The summed E-state index contributed by atoms with van der Waals surface area (Å²) in [5, 5.41) is 1.06. The van der Waals surface area contributed by atoms with Crippen LogP contribution in [0, 0.1) is 0 Å². The molecule has 37 heavy (non-hydrogen) atoms. The molecule has 0 N–H and O–H groups in total. The van der Waals surface area contributed by atoms with E-state index in [0.717, 1.165) is 42.7 Å². The van der Waals surface area contributed by atoms with E-state index in [1.54, 1.807) is 0 Å². The molecule has 190 valence electrons. The van der Waals surface area contributed by atoms with Gasteiger partial charge in [-0.3, -0.25) is 0 Å². The second-order valence-corrected chi connectivity index (χ2v) is 10.6. The molecule has 1 aliphatic rings. The first-order chi connectivity index (χ1) is 18.3.